The molecule has 0 spiro atoms. The summed E-state index contributed by atoms with van der Waals surface area (Å²) in [5, 5.41) is 0. The van der Waals surface area contributed by atoms with Crippen molar-refractivity contribution >= 4 is 11.6 Å². The average Bonchev–Trinajstić information content (AvgIpc) is 1.90. The lowest BCUT2D eigenvalue weighted by Crippen LogP contribution is -2.00. The van der Waals surface area contributed by atoms with E-state index in [4.69, 9.17) is 4.42 Å². The lowest BCUT2D eigenvalue weighted by atomic mass is 10.2. The van der Waals surface area contributed by atoms with E-state index in [0.29, 0.717) is 0 Å². The van der Waals surface area contributed by atoms with Gasteiger partial charge in [-0.3, -0.25) is 9.22 Å². The van der Waals surface area contributed by atoms with E-state index in [-0.39, 0.29) is 5.78 Å². The van der Waals surface area contributed by atoms with Gasteiger partial charge in [0, 0.05) is 12.2 Å². The maximum Gasteiger partial charge on any atom is 0.343 e. The number of rotatable bonds is 0. The van der Waals surface area contributed by atoms with Crippen molar-refractivity contribution in [3.63, 3.8) is 0 Å². The van der Waals surface area contributed by atoms with Crippen molar-refractivity contribution < 1.29 is 9.22 Å². The molecule has 0 fully saturated rings. The summed E-state index contributed by atoms with van der Waals surface area (Å²) in [6.07, 6.45) is 6.22. The van der Waals surface area contributed by atoms with Gasteiger partial charge in [0.15, 0.2) is 5.78 Å². The fraction of sp³-hybridized carbons (Fsp3) is 0.143. The van der Waals surface area contributed by atoms with Gasteiger partial charge in [0.1, 0.15) is 0 Å². The highest BCUT2D eigenvalue weighted by Crippen LogP contribution is 1.91. The molecule has 1 rings (SSSR count). The van der Waals surface area contributed by atoms with E-state index in [1.165, 1.54) is 12.2 Å². The first-order valence-corrected chi connectivity index (χ1v) is 2.64. The van der Waals surface area contributed by atoms with E-state index >= 15 is 0 Å². The Kier molecular flexibility index (Phi) is 1.58. The first-order chi connectivity index (χ1) is 4.33. The van der Waals surface area contributed by atoms with E-state index in [2.05, 4.69) is 0 Å². The molecule has 0 atom stereocenters. The molecule has 0 N–H and O–H groups in total. The van der Waals surface area contributed by atoms with Crippen molar-refractivity contribution in [2.75, 3.05) is 7.11 Å². The normalized spacial score (nSPS) is 16.6. The highest BCUT2D eigenvalue weighted by molar-refractivity contribution is 6.14. The molecule has 0 heterocycles. The number of ketones is 2. The zero-order valence-electron chi connectivity index (χ0n) is 5.13. The summed E-state index contributed by atoms with van der Waals surface area (Å²) in [6.45, 7) is 0. The van der Waals surface area contributed by atoms with Crippen molar-refractivity contribution in [3.8, 4) is 0 Å². The van der Waals surface area contributed by atoms with Gasteiger partial charge in [-0.25, -0.2) is 0 Å². The molecule has 1 aliphatic rings. The van der Waals surface area contributed by atoms with Gasteiger partial charge in [-0.15, -0.1) is 0 Å². The van der Waals surface area contributed by atoms with Crippen LogP contribution in [0.2, 0.25) is 0 Å². The van der Waals surface area contributed by atoms with Gasteiger partial charge in [0.05, 0.1) is 0 Å². The predicted molar refractivity (Wildman–Crippen MR) is 34.2 cm³/mol. The molecular weight excluding hydrogens is 116 g/mol. The SMILES string of the molecule is C[O+]=C1C=CC(=O)C=C1. The molecule has 2 heteroatoms. The van der Waals surface area contributed by atoms with Crippen molar-refractivity contribution in [1.82, 2.24) is 0 Å². The van der Waals surface area contributed by atoms with Gasteiger partial charge in [-0.2, -0.15) is 0 Å². The Balaban J connectivity index is 2.82. The minimum atomic E-state index is 0.0100. The number of carbonyl (C=O) groups is 1. The quantitative estimate of drug-likeness (QED) is 0.339. The van der Waals surface area contributed by atoms with Crippen molar-refractivity contribution in [2.24, 2.45) is 0 Å². The molecule has 0 saturated carbocycles. The van der Waals surface area contributed by atoms with Crippen LogP contribution in [-0.2, 0) is 9.22 Å². The van der Waals surface area contributed by atoms with Crippen LogP contribution in [0, 0.1) is 0 Å². The molecule has 0 amide bonds. The smallest absolute Gasteiger partial charge is 0.290 e. The number of hydrogen-bond donors (Lipinski definition) is 0. The molecule has 0 saturated heterocycles. The fourth-order valence-corrected chi connectivity index (χ4v) is 0.576. The minimum absolute atomic E-state index is 0.0100. The first kappa shape index (κ1) is 5.95. The molecule has 1 aliphatic carbocycles. The third-order valence-electron chi connectivity index (χ3n) is 1.06. The number of hydrogen-bond acceptors (Lipinski definition) is 1. The summed E-state index contributed by atoms with van der Waals surface area (Å²) in [5.41, 5.74) is 0. The van der Waals surface area contributed by atoms with Crippen LogP contribution in [0.15, 0.2) is 24.3 Å². The van der Waals surface area contributed by atoms with Crippen LogP contribution >= 0.6 is 0 Å². The van der Waals surface area contributed by atoms with E-state index in [0.717, 1.165) is 5.78 Å². The molecule has 0 radical (unpaired) electrons. The van der Waals surface area contributed by atoms with Crippen LogP contribution < -0.4 is 0 Å². The first-order valence-electron chi connectivity index (χ1n) is 2.64. The Morgan fingerprint density at radius 1 is 1.22 bits per heavy atom. The molecule has 0 aromatic carbocycles. The molecule has 46 valence electrons. The largest absolute Gasteiger partial charge is 0.343 e. The van der Waals surface area contributed by atoms with Gasteiger partial charge in [0.25, 0.3) is 7.11 Å². The monoisotopic (exact) mass is 123 g/mol. The molecule has 2 nitrogen and oxygen atoms in total. The summed E-state index contributed by atoms with van der Waals surface area (Å²) in [6, 6.07) is 0. The Morgan fingerprint density at radius 2 is 1.78 bits per heavy atom. The average molecular weight is 123 g/mol. The van der Waals surface area contributed by atoms with Gasteiger partial charge >= 0.3 is 5.78 Å². The van der Waals surface area contributed by atoms with Crippen molar-refractivity contribution in [1.29, 1.82) is 0 Å². The summed E-state index contributed by atoms with van der Waals surface area (Å²) in [5.74, 6) is 0.727. The molecule has 9 heavy (non-hydrogen) atoms. The maximum atomic E-state index is 10.5. The fourth-order valence-electron chi connectivity index (χ4n) is 0.576. The highest BCUT2D eigenvalue weighted by atomic mass is 16.4. The van der Waals surface area contributed by atoms with Gasteiger partial charge in [-0.05, 0) is 12.2 Å². The van der Waals surface area contributed by atoms with Gasteiger partial charge in [-0.1, -0.05) is 0 Å². The molecule has 0 unspecified atom stereocenters. The topological polar surface area (TPSA) is 28.4 Å². The van der Waals surface area contributed by atoms with Crippen LogP contribution in [0.1, 0.15) is 0 Å². The molecular formula is C7H7O2+. The molecule has 0 aliphatic heterocycles. The number of allylic oxidation sites excluding steroid dienone is 4. The second kappa shape index (κ2) is 2.40. The Labute approximate surface area is 53.2 Å². The van der Waals surface area contributed by atoms with Gasteiger partial charge in [0.2, 0.25) is 0 Å². The van der Waals surface area contributed by atoms with Crippen molar-refractivity contribution in [3.05, 3.63) is 24.3 Å². The van der Waals surface area contributed by atoms with E-state index in [1.807, 2.05) is 0 Å². The van der Waals surface area contributed by atoms with Crippen LogP contribution in [0.5, 0.6) is 0 Å². The molecule has 0 aromatic heterocycles. The van der Waals surface area contributed by atoms with E-state index in [9.17, 15) is 4.79 Å². The summed E-state index contributed by atoms with van der Waals surface area (Å²) >= 11 is 0. The number of carbonyl (C=O) groups excluding carboxylic acids is 2. The zero-order valence-corrected chi connectivity index (χ0v) is 5.13. The second-order valence-corrected chi connectivity index (χ2v) is 1.68. The third kappa shape index (κ3) is 1.35. The van der Waals surface area contributed by atoms with E-state index in [1.54, 1.807) is 19.3 Å². The Morgan fingerprint density at radius 3 is 2.22 bits per heavy atom. The zero-order chi connectivity index (χ0) is 6.69. The van der Waals surface area contributed by atoms with Crippen LogP contribution in [0.4, 0.5) is 0 Å². The Bertz CT molecular complexity index is 191. The lowest BCUT2D eigenvalue weighted by Gasteiger charge is -1.85. The minimum Gasteiger partial charge on any atom is -0.290 e. The van der Waals surface area contributed by atoms with Crippen molar-refractivity contribution in [2.45, 2.75) is 0 Å². The predicted octanol–water partition coefficient (Wildman–Crippen LogP) is 0.416. The lowest BCUT2D eigenvalue weighted by molar-refractivity contribution is -0.417. The van der Waals surface area contributed by atoms with Crippen LogP contribution in [0.3, 0.4) is 0 Å². The highest BCUT2D eigenvalue weighted by Gasteiger charge is 2.05. The van der Waals surface area contributed by atoms with E-state index < -0.39 is 0 Å². The maximum absolute atomic E-state index is 10.5. The molecule has 0 aromatic rings. The van der Waals surface area contributed by atoms with Crippen LogP contribution in [-0.4, -0.2) is 18.7 Å². The van der Waals surface area contributed by atoms with Crippen LogP contribution in [0.25, 0.3) is 0 Å². The summed E-state index contributed by atoms with van der Waals surface area (Å²) in [7, 11) is 1.57. The van der Waals surface area contributed by atoms with Gasteiger partial charge < -0.3 is 0 Å². The molecule has 0 bridgehead atoms. The summed E-state index contributed by atoms with van der Waals surface area (Å²) in [4.78, 5) is 10.5. The summed E-state index contributed by atoms with van der Waals surface area (Å²) < 4.78 is 4.83. The standard InChI is InChI=1S/C7H7O2/c1-9-7-4-2-6(8)3-5-7/h2-5H,1H3/q+1. The second-order valence-electron chi connectivity index (χ2n) is 1.68. The third-order valence-corrected chi connectivity index (χ3v) is 1.06. The Hall–Kier alpha value is -1.18.